The summed E-state index contributed by atoms with van der Waals surface area (Å²) in [4.78, 5) is 26.7. The van der Waals surface area contributed by atoms with E-state index in [2.05, 4.69) is 44.2 Å². The van der Waals surface area contributed by atoms with Crippen LogP contribution in [0.1, 0.15) is 52.7 Å². The zero-order valence-corrected chi connectivity index (χ0v) is 23.3. The Balaban J connectivity index is 1.80. The van der Waals surface area contributed by atoms with Crippen molar-refractivity contribution in [3.63, 3.8) is 0 Å². The number of aryl methyl sites for hydroxylation is 1. The number of halogens is 3. The lowest BCUT2D eigenvalue weighted by molar-refractivity contribution is -0.274. The average Bonchev–Trinajstić information content (AvgIpc) is 3.38. The van der Waals surface area contributed by atoms with Gasteiger partial charge in [0.2, 0.25) is 11.9 Å². The lowest BCUT2D eigenvalue weighted by Crippen LogP contribution is -2.41. The second kappa shape index (κ2) is 14.6. The first-order valence-electron chi connectivity index (χ1n) is 13.5. The van der Waals surface area contributed by atoms with Crippen molar-refractivity contribution in [2.75, 3.05) is 25.1 Å². The summed E-state index contributed by atoms with van der Waals surface area (Å²) in [6, 6.07) is 6.83. The van der Waals surface area contributed by atoms with Crippen LogP contribution in [0.5, 0.6) is 5.75 Å². The minimum absolute atomic E-state index is 0.106. The monoisotopic (exact) mass is 562 g/mol. The van der Waals surface area contributed by atoms with Crippen molar-refractivity contribution < 1.29 is 27.4 Å². The third-order valence-electron chi connectivity index (χ3n) is 5.79. The number of hydrogen-bond acceptors (Lipinski definition) is 7. The molecule has 0 spiro atoms. The number of carbonyl (C=O) groups excluding carboxylic acids is 1. The highest BCUT2D eigenvalue weighted by molar-refractivity contribution is 5.84. The molecule has 0 bridgehead atoms. The van der Waals surface area contributed by atoms with Crippen LogP contribution in [0, 0.1) is 5.92 Å². The number of hydrogen-bond donors (Lipinski definition) is 2. The highest BCUT2D eigenvalue weighted by atomic mass is 19.4. The summed E-state index contributed by atoms with van der Waals surface area (Å²) < 4.78 is 48.3. The minimum Gasteiger partial charge on any atom is -0.406 e. The van der Waals surface area contributed by atoms with Crippen LogP contribution in [0.15, 0.2) is 42.9 Å². The molecule has 0 saturated heterocycles. The predicted molar refractivity (Wildman–Crippen MR) is 146 cm³/mol. The van der Waals surface area contributed by atoms with Gasteiger partial charge in [-0.3, -0.25) is 9.36 Å². The van der Waals surface area contributed by atoms with E-state index in [1.54, 1.807) is 17.1 Å². The molecular weight excluding hydrogens is 525 g/mol. The first-order valence-corrected chi connectivity index (χ1v) is 13.5. The first kappa shape index (κ1) is 30.9. The van der Waals surface area contributed by atoms with E-state index in [-0.39, 0.29) is 17.6 Å². The van der Waals surface area contributed by atoms with E-state index in [4.69, 9.17) is 4.74 Å². The number of nitrogens with one attached hydrogen (secondary N) is 2. The van der Waals surface area contributed by atoms with Gasteiger partial charge in [-0.05, 0) is 56.4 Å². The van der Waals surface area contributed by atoms with Gasteiger partial charge in [0.05, 0.1) is 5.69 Å². The molecule has 1 atom stereocenters. The standard InChI is InChI=1S/C28H37F3N6O3/c1-5-8-21-16-25(35-23(15-19(3)4)26(38)32-13-7-14-39-6-2)36-27(34-21)37-17-24(33-18-37)20-9-11-22(12-10-20)40-28(29,30)31/h9-12,16-19,23H,5-8,13-15H2,1-4H3,(H,32,38)(H,34,35,36)/t23-/m0/s1. The van der Waals surface area contributed by atoms with Gasteiger partial charge in [-0.15, -0.1) is 13.2 Å². The quantitative estimate of drug-likeness (QED) is 0.234. The topological polar surface area (TPSA) is 103 Å². The molecule has 218 valence electrons. The van der Waals surface area contributed by atoms with Crippen LogP contribution in [0.4, 0.5) is 19.0 Å². The number of carbonyl (C=O) groups is 1. The van der Waals surface area contributed by atoms with Crippen molar-refractivity contribution in [1.29, 1.82) is 0 Å². The lowest BCUT2D eigenvalue weighted by atomic mass is 10.0. The highest BCUT2D eigenvalue weighted by Gasteiger charge is 2.31. The molecular formula is C28H37F3N6O3. The Kier molecular flexibility index (Phi) is 11.3. The Morgan fingerprint density at radius 1 is 1.12 bits per heavy atom. The maximum absolute atomic E-state index is 13.0. The summed E-state index contributed by atoms with van der Waals surface area (Å²) in [7, 11) is 0. The number of benzene rings is 1. The number of alkyl halides is 3. The maximum Gasteiger partial charge on any atom is 0.573 e. The normalized spacial score (nSPS) is 12.4. The number of ether oxygens (including phenoxy) is 2. The second-order valence-corrected chi connectivity index (χ2v) is 9.70. The van der Waals surface area contributed by atoms with Gasteiger partial charge >= 0.3 is 6.36 Å². The Morgan fingerprint density at radius 3 is 2.52 bits per heavy atom. The van der Waals surface area contributed by atoms with Gasteiger partial charge in [0.15, 0.2) is 0 Å². The van der Waals surface area contributed by atoms with E-state index in [1.165, 1.54) is 24.3 Å². The van der Waals surface area contributed by atoms with Gasteiger partial charge < -0.3 is 20.1 Å². The molecule has 2 N–H and O–H groups in total. The molecule has 3 aromatic rings. The molecule has 0 radical (unpaired) electrons. The van der Waals surface area contributed by atoms with Crippen LogP contribution >= 0.6 is 0 Å². The molecule has 0 aliphatic carbocycles. The van der Waals surface area contributed by atoms with Crippen LogP contribution in [0.25, 0.3) is 17.2 Å². The number of nitrogens with zero attached hydrogens (tertiary/aromatic N) is 4. The second-order valence-electron chi connectivity index (χ2n) is 9.70. The highest BCUT2D eigenvalue weighted by Crippen LogP contribution is 2.26. The third-order valence-corrected chi connectivity index (χ3v) is 5.79. The summed E-state index contributed by atoms with van der Waals surface area (Å²) in [5, 5.41) is 6.28. The molecule has 0 unspecified atom stereocenters. The van der Waals surface area contributed by atoms with Crippen LogP contribution in [-0.4, -0.2) is 57.6 Å². The number of anilines is 1. The van der Waals surface area contributed by atoms with E-state index in [9.17, 15) is 18.0 Å². The van der Waals surface area contributed by atoms with Gasteiger partial charge in [-0.25, -0.2) is 9.97 Å². The van der Waals surface area contributed by atoms with Crippen LogP contribution in [0.3, 0.4) is 0 Å². The largest absolute Gasteiger partial charge is 0.573 e. The van der Waals surface area contributed by atoms with Gasteiger partial charge in [-0.2, -0.15) is 4.98 Å². The molecule has 12 heteroatoms. The molecule has 0 saturated carbocycles. The summed E-state index contributed by atoms with van der Waals surface area (Å²) in [5.41, 5.74) is 1.94. The Bertz CT molecular complexity index is 1210. The van der Waals surface area contributed by atoms with Crippen LogP contribution in [-0.2, 0) is 16.0 Å². The molecule has 0 aliphatic rings. The smallest absolute Gasteiger partial charge is 0.406 e. The fourth-order valence-corrected chi connectivity index (χ4v) is 4.00. The summed E-state index contributed by atoms with van der Waals surface area (Å²) in [5.74, 6) is 0.742. The summed E-state index contributed by atoms with van der Waals surface area (Å²) in [6.45, 7) is 9.85. The molecule has 9 nitrogen and oxygen atoms in total. The van der Waals surface area contributed by atoms with E-state index in [1.807, 2.05) is 19.9 Å². The van der Waals surface area contributed by atoms with Crippen molar-refractivity contribution in [2.24, 2.45) is 5.92 Å². The third kappa shape index (κ3) is 9.82. The number of rotatable bonds is 15. The molecule has 2 heterocycles. The maximum atomic E-state index is 13.0. The van der Waals surface area contributed by atoms with E-state index < -0.39 is 12.4 Å². The Labute approximate surface area is 232 Å². The van der Waals surface area contributed by atoms with Crippen LogP contribution in [0.2, 0.25) is 0 Å². The van der Waals surface area contributed by atoms with Crippen molar-refractivity contribution in [3.8, 4) is 23.0 Å². The fourth-order valence-electron chi connectivity index (χ4n) is 4.00. The molecule has 1 aromatic carbocycles. The molecule has 1 amide bonds. The van der Waals surface area contributed by atoms with Gasteiger partial charge in [0.1, 0.15) is 23.9 Å². The molecule has 0 fully saturated rings. The fraction of sp³-hybridized carbons (Fsp3) is 0.500. The van der Waals surface area contributed by atoms with Gasteiger partial charge in [0, 0.05) is 43.3 Å². The molecule has 2 aromatic heterocycles. The van der Waals surface area contributed by atoms with E-state index in [0.717, 1.165) is 18.5 Å². The summed E-state index contributed by atoms with van der Waals surface area (Å²) >= 11 is 0. The van der Waals surface area contributed by atoms with Crippen molar-refractivity contribution in [2.45, 2.75) is 65.8 Å². The van der Waals surface area contributed by atoms with Crippen LogP contribution < -0.4 is 15.4 Å². The predicted octanol–water partition coefficient (Wildman–Crippen LogP) is 5.55. The average molecular weight is 563 g/mol. The Morgan fingerprint density at radius 2 is 1.88 bits per heavy atom. The van der Waals surface area contributed by atoms with Crippen molar-refractivity contribution in [1.82, 2.24) is 24.8 Å². The number of imidazole rings is 1. The SMILES string of the molecule is CCCc1cc(N[C@@H](CC(C)C)C(=O)NCCCOCC)nc(-n2cnc(-c3ccc(OC(F)(F)F)cc3)c2)n1. The van der Waals surface area contributed by atoms with E-state index in [0.29, 0.717) is 55.6 Å². The minimum atomic E-state index is -4.76. The van der Waals surface area contributed by atoms with Crippen molar-refractivity contribution in [3.05, 3.63) is 48.5 Å². The molecule has 40 heavy (non-hydrogen) atoms. The number of aromatic nitrogens is 4. The first-order chi connectivity index (χ1) is 19.1. The number of amides is 1. The van der Waals surface area contributed by atoms with Crippen molar-refractivity contribution >= 4 is 11.7 Å². The zero-order chi connectivity index (χ0) is 29.1. The van der Waals surface area contributed by atoms with Gasteiger partial charge in [0.25, 0.3) is 0 Å². The Hall–Kier alpha value is -3.67. The lowest BCUT2D eigenvalue weighted by Gasteiger charge is -2.21. The molecule has 3 rings (SSSR count). The zero-order valence-electron chi connectivity index (χ0n) is 23.3. The van der Waals surface area contributed by atoms with Gasteiger partial charge in [-0.1, -0.05) is 27.2 Å². The molecule has 0 aliphatic heterocycles. The summed E-state index contributed by atoms with van der Waals surface area (Å²) in [6.07, 6.45) is 1.41. The van der Waals surface area contributed by atoms with E-state index >= 15 is 0 Å².